The molecule has 1 unspecified atom stereocenters. The highest BCUT2D eigenvalue weighted by Gasteiger charge is 2.31. The molecule has 120 valence electrons. The number of nitrogens with zero attached hydrogens (tertiary/aromatic N) is 2. The zero-order valence-corrected chi connectivity index (χ0v) is 13.3. The molecule has 2 aliphatic rings. The molecule has 0 aromatic carbocycles. The van der Waals surface area contributed by atoms with Gasteiger partial charge in [-0.05, 0) is 27.2 Å². The molecular formula is C16H22N2O4. The minimum absolute atomic E-state index is 0.207. The molecule has 0 saturated heterocycles. The first-order valence-corrected chi connectivity index (χ1v) is 7.62. The molecule has 6 heteroatoms. The summed E-state index contributed by atoms with van der Waals surface area (Å²) in [6.45, 7) is 6.80. The molecule has 6 nitrogen and oxygen atoms in total. The Kier molecular flexibility index (Phi) is 5.35. The van der Waals surface area contributed by atoms with Gasteiger partial charge in [0.1, 0.15) is 5.84 Å². The number of ether oxygens (including phenoxy) is 2. The van der Waals surface area contributed by atoms with Crippen LogP contribution in [0.5, 0.6) is 0 Å². The van der Waals surface area contributed by atoms with Crippen LogP contribution >= 0.6 is 0 Å². The third-order valence-corrected chi connectivity index (χ3v) is 3.66. The first kappa shape index (κ1) is 16.3. The average molecular weight is 306 g/mol. The lowest BCUT2D eigenvalue weighted by Crippen LogP contribution is -2.45. The van der Waals surface area contributed by atoms with Crippen LogP contribution in [-0.2, 0) is 19.1 Å². The van der Waals surface area contributed by atoms with Crippen molar-refractivity contribution in [2.24, 2.45) is 4.99 Å². The summed E-state index contributed by atoms with van der Waals surface area (Å²) >= 11 is 0. The number of amidine groups is 1. The second-order valence-corrected chi connectivity index (χ2v) is 5.25. The molecule has 2 aliphatic heterocycles. The van der Waals surface area contributed by atoms with E-state index in [2.05, 4.69) is 11.9 Å². The predicted molar refractivity (Wildman–Crippen MR) is 82.3 cm³/mol. The first-order valence-electron chi connectivity index (χ1n) is 7.62. The van der Waals surface area contributed by atoms with E-state index in [0.29, 0.717) is 25.3 Å². The molecule has 0 spiro atoms. The molecule has 0 aliphatic carbocycles. The smallest absolute Gasteiger partial charge is 0.337 e. The van der Waals surface area contributed by atoms with Crippen molar-refractivity contribution in [1.29, 1.82) is 0 Å². The molecule has 0 aromatic rings. The van der Waals surface area contributed by atoms with E-state index in [9.17, 15) is 9.59 Å². The van der Waals surface area contributed by atoms with E-state index in [1.54, 1.807) is 20.0 Å². The Morgan fingerprint density at radius 2 is 2.05 bits per heavy atom. The van der Waals surface area contributed by atoms with Gasteiger partial charge in [0.2, 0.25) is 0 Å². The van der Waals surface area contributed by atoms with Crippen molar-refractivity contribution in [3.05, 3.63) is 23.4 Å². The van der Waals surface area contributed by atoms with Crippen LogP contribution in [0.25, 0.3) is 0 Å². The fraction of sp³-hybridized carbons (Fsp3) is 0.562. The zero-order chi connectivity index (χ0) is 16.1. The Hall–Kier alpha value is -2.11. The van der Waals surface area contributed by atoms with Crippen molar-refractivity contribution in [3.8, 4) is 0 Å². The Morgan fingerprint density at radius 3 is 2.73 bits per heavy atom. The minimum Gasteiger partial charge on any atom is -0.466 e. The summed E-state index contributed by atoms with van der Waals surface area (Å²) < 4.78 is 10.0. The molecular weight excluding hydrogens is 284 g/mol. The lowest BCUT2D eigenvalue weighted by molar-refractivity contribution is -0.142. The van der Waals surface area contributed by atoms with Gasteiger partial charge >= 0.3 is 11.9 Å². The fourth-order valence-corrected chi connectivity index (χ4v) is 2.54. The maximum Gasteiger partial charge on any atom is 0.337 e. The third kappa shape index (κ3) is 3.55. The summed E-state index contributed by atoms with van der Waals surface area (Å²) in [6.07, 6.45) is 4.59. The monoisotopic (exact) mass is 306 g/mol. The molecule has 0 N–H and O–H groups in total. The van der Waals surface area contributed by atoms with E-state index in [0.717, 1.165) is 17.8 Å². The van der Waals surface area contributed by atoms with E-state index in [1.807, 2.05) is 11.0 Å². The largest absolute Gasteiger partial charge is 0.466 e. The molecule has 0 radical (unpaired) electrons. The van der Waals surface area contributed by atoms with Gasteiger partial charge in [0.05, 0.1) is 31.8 Å². The van der Waals surface area contributed by atoms with Gasteiger partial charge in [-0.3, -0.25) is 4.79 Å². The van der Waals surface area contributed by atoms with Gasteiger partial charge in [0, 0.05) is 17.8 Å². The van der Waals surface area contributed by atoms with Crippen LogP contribution in [0.2, 0.25) is 0 Å². The second kappa shape index (κ2) is 7.24. The van der Waals surface area contributed by atoms with Gasteiger partial charge in [-0.1, -0.05) is 6.08 Å². The van der Waals surface area contributed by atoms with Crippen LogP contribution < -0.4 is 0 Å². The lowest BCUT2D eigenvalue weighted by atomic mass is 9.98. The van der Waals surface area contributed by atoms with Crippen molar-refractivity contribution in [1.82, 2.24) is 4.90 Å². The molecule has 2 rings (SSSR count). The Balaban J connectivity index is 2.19. The maximum absolute atomic E-state index is 11.8. The van der Waals surface area contributed by atoms with Crippen molar-refractivity contribution < 1.29 is 19.1 Å². The Morgan fingerprint density at radius 1 is 1.32 bits per heavy atom. The number of esters is 2. The van der Waals surface area contributed by atoms with Gasteiger partial charge in [0.25, 0.3) is 0 Å². The highest BCUT2D eigenvalue weighted by Crippen LogP contribution is 2.25. The summed E-state index contributed by atoms with van der Waals surface area (Å²) in [4.78, 5) is 30.0. The predicted octanol–water partition coefficient (Wildman–Crippen LogP) is 1.82. The summed E-state index contributed by atoms with van der Waals surface area (Å²) in [5.74, 6) is 0.157. The quantitative estimate of drug-likeness (QED) is 0.725. The van der Waals surface area contributed by atoms with Crippen LogP contribution in [0.3, 0.4) is 0 Å². The Bertz CT molecular complexity index is 548. The molecule has 0 fully saturated rings. The average Bonchev–Trinajstić information content (AvgIpc) is 2.50. The molecule has 1 atom stereocenters. The topological polar surface area (TPSA) is 68.2 Å². The Labute approximate surface area is 130 Å². The van der Waals surface area contributed by atoms with Gasteiger partial charge in [-0.2, -0.15) is 0 Å². The van der Waals surface area contributed by atoms with Crippen LogP contribution in [0.15, 0.2) is 28.4 Å². The number of aliphatic imine (C=N–C) groups is 1. The highest BCUT2D eigenvalue weighted by atomic mass is 16.5. The summed E-state index contributed by atoms with van der Waals surface area (Å²) in [7, 11) is 0. The fourth-order valence-electron chi connectivity index (χ4n) is 2.54. The van der Waals surface area contributed by atoms with Gasteiger partial charge in [-0.25, -0.2) is 9.79 Å². The van der Waals surface area contributed by atoms with Crippen molar-refractivity contribution >= 4 is 17.8 Å². The van der Waals surface area contributed by atoms with Crippen LogP contribution in [-0.4, -0.2) is 48.5 Å². The van der Waals surface area contributed by atoms with E-state index >= 15 is 0 Å². The summed E-state index contributed by atoms with van der Waals surface area (Å²) in [5, 5.41) is 0. The molecule has 0 aromatic heterocycles. The SMILES string of the molecule is CCOC(=O)CC1=CCC(C)N2CC(C(=O)OCC)=CN=C12. The molecule has 22 heavy (non-hydrogen) atoms. The summed E-state index contributed by atoms with van der Waals surface area (Å²) in [6, 6.07) is 0.225. The third-order valence-electron chi connectivity index (χ3n) is 3.66. The molecule has 0 saturated carbocycles. The second-order valence-electron chi connectivity index (χ2n) is 5.25. The van der Waals surface area contributed by atoms with Crippen molar-refractivity contribution in [2.45, 2.75) is 39.7 Å². The zero-order valence-electron chi connectivity index (χ0n) is 13.3. The molecule has 2 heterocycles. The normalized spacial score (nSPS) is 20.4. The van der Waals surface area contributed by atoms with Gasteiger partial charge in [0.15, 0.2) is 0 Å². The van der Waals surface area contributed by atoms with Crippen LogP contribution in [0.4, 0.5) is 0 Å². The number of hydrogen-bond donors (Lipinski definition) is 0. The maximum atomic E-state index is 11.8. The van der Waals surface area contributed by atoms with Crippen LogP contribution in [0.1, 0.15) is 33.6 Å². The highest BCUT2D eigenvalue weighted by molar-refractivity contribution is 6.04. The number of fused-ring (bicyclic) bond motifs is 1. The van der Waals surface area contributed by atoms with E-state index in [4.69, 9.17) is 9.47 Å². The number of carbonyl (C=O) groups excluding carboxylic acids is 2. The molecule has 0 amide bonds. The lowest BCUT2D eigenvalue weighted by Gasteiger charge is -2.38. The molecule has 0 bridgehead atoms. The number of rotatable bonds is 5. The van der Waals surface area contributed by atoms with E-state index in [1.165, 1.54) is 0 Å². The van der Waals surface area contributed by atoms with Gasteiger partial charge in [-0.15, -0.1) is 0 Å². The minimum atomic E-state index is -0.334. The summed E-state index contributed by atoms with van der Waals surface area (Å²) in [5.41, 5.74) is 1.39. The number of hydrogen-bond acceptors (Lipinski definition) is 6. The first-order chi connectivity index (χ1) is 10.6. The van der Waals surface area contributed by atoms with Gasteiger partial charge < -0.3 is 14.4 Å². The van der Waals surface area contributed by atoms with E-state index in [-0.39, 0.29) is 24.4 Å². The van der Waals surface area contributed by atoms with Crippen molar-refractivity contribution in [2.75, 3.05) is 19.8 Å². The van der Waals surface area contributed by atoms with Crippen LogP contribution in [0, 0.1) is 0 Å². The van der Waals surface area contributed by atoms with Crippen molar-refractivity contribution in [3.63, 3.8) is 0 Å². The standard InChI is InChI=1S/C16H22N2O4/c1-4-21-14(19)8-12-7-6-11(3)18-10-13(9-17-15(12)18)16(20)22-5-2/h7,9,11H,4-6,8,10H2,1-3H3. The van der Waals surface area contributed by atoms with E-state index < -0.39 is 0 Å². The number of carbonyl (C=O) groups is 2.